The van der Waals surface area contributed by atoms with Crippen molar-refractivity contribution in [2.24, 2.45) is 0 Å². The summed E-state index contributed by atoms with van der Waals surface area (Å²) in [6, 6.07) is 0. The monoisotopic (exact) mass is 179 g/mol. The molecule has 0 aromatic heterocycles. The van der Waals surface area contributed by atoms with Crippen LogP contribution >= 0.6 is 0 Å². The Kier molecular flexibility index (Phi) is 3.45. The Morgan fingerprint density at radius 3 is 2.10 bits per heavy atom. The van der Waals surface area contributed by atoms with Gasteiger partial charge in [0.05, 0.1) is 4.75 Å². The number of rotatable bonds is 2. The van der Waals surface area contributed by atoms with E-state index in [-0.39, 0.29) is 15.4 Å². The van der Waals surface area contributed by atoms with Gasteiger partial charge in [0.25, 0.3) is 0 Å². The van der Waals surface area contributed by atoms with Crippen molar-refractivity contribution in [3.63, 3.8) is 0 Å². The summed E-state index contributed by atoms with van der Waals surface area (Å²) in [6.07, 6.45) is 1.89. The highest BCUT2D eigenvalue weighted by atomic mass is 32.8. The normalized spacial score (nSPS) is 14.4. The lowest BCUT2D eigenvalue weighted by Crippen LogP contribution is -2.43. The predicted molar refractivity (Wildman–Crippen MR) is 48.8 cm³/mol. The lowest BCUT2D eigenvalue weighted by molar-refractivity contribution is -0.122. The van der Waals surface area contributed by atoms with Crippen molar-refractivity contribution < 1.29 is 4.79 Å². The highest BCUT2D eigenvalue weighted by Gasteiger charge is 2.27. The second kappa shape index (κ2) is 3.44. The van der Waals surface area contributed by atoms with Gasteiger partial charge in [-0.25, -0.2) is 0 Å². The van der Waals surface area contributed by atoms with E-state index >= 15 is 0 Å². The molecule has 0 aromatic carbocycles. The third-order valence-corrected chi connectivity index (χ3v) is 4.37. The molecule has 0 heterocycles. The summed E-state index contributed by atoms with van der Waals surface area (Å²) in [5, 5.41) is 2.59. The first-order chi connectivity index (χ1) is 4.42. The quantitative estimate of drug-likeness (QED) is 0.657. The van der Waals surface area contributed by atoms with Crippen LogP contribution in [0.4, 0.5) is 0 Å². The van der Waals surface area contributed by atoms with Crippen molar-refractivity contribution in [3.8, 4) is 0 Å². The molecular weight excluding hydrogens is 166 g/mol. The summed E-state index contributed by atoms with van der Waals surface area (Å²) in [4.78, 5) is 11.1. The fourth-order valence-corrected chi connectivity index (χ4v) is 1.02. The van der Waals surface area contributed by atoms with Crippen LogP contribution in [0.15, 0.2) is 0 Å². The van der Waals surface area contributed by atoms with Crippen molar-refractivity contribution in [1.82, 2.24) is 5.32 Å². The Balaban J connectivity index is 4.40. The van der Waals surface area contributed by atoms with Crippen LogP contribution in [0.3, 0.4) is 0 Å². The van der Waals surface area contributed by atoms with Crippen molar-refractivity contribution >= 4 is 26.5 Å². The summed E-state index contributed by atoms with van der Waals surface area (Å²) in [5.74, 6) is 0.0216. The summed E-state index contributed by atoms with van der Waals surface area (Å²) in [7, 11) is 1.35. The van der Waals surface area contributed by atoms with Crippen LogP contribution in [0.5, 0.6) is 0 Å². The minimum Gasteiger partial charge on any atom is -0.358 e. The Morgan fingerprint density at radius 2 is 2.00 bits per heavy atom. The summed E-state index contributed by atoms with van der Waals surface area (Å²) >= 11 is 5.02. The van der Waals surface area contributed by atoms with Gasteiger partial charge in [0.1, 0.15) is 0 Å². The van der Waals surface area contributed by atoms with E-state index in [9.17, 15) is 4.79 Å². The van der Waals surface area contributed by atoms with Gasteiger partial charge < -0.3 is 5.32 Å². The summed E-state index contributed by atoms with van der Waals surface area (Å²) in [6.45, 7) is 3.73. The van der Waals surface area contributed by atoms with E-state index < -0.39 is 4.75 Å². The number of carbonyl (C=O) groups is 1. The largest absolute Gasteiger partial charge is 0.358 e. The van der Waals surface area contributed by atoms with Crippen LogP contribution in [0, 0.1) is 0 Å². The molecule has 0 aliphatic carbocycles. The molecule has 0 saturated carbocycles. The third kappa shape index (κ3) is 2.02. The fourth-order valence-electron chi connectivity index (χ4n) is 0.432. The first-order valence-electron chi connectivity index (χ1n) is 2.98. The Bertz CT molecular complexity index is 165. The minimum atomic E-state index is -0.399. The van der Waals surface area contributed by atoms with Crippen molar-refractivity contribution in [2.45, 2.75) is 18.6 Å². The Morgan fingerprint density at radius 1 is 1.60 bits per heavy atom. The molecule has 1 N–H and O–H groups in total. The number of hydrogen-bond donors (Lipinski definition) is 1. The average Bonchev–Trinajstić information content (AvgIpc) is 1.86. The van der Waals surface area contributed by atoms with E-state index in [1.165, 1.54) is 0 Å². The first kappa shape index (κ1) is 10.0. The number of amides is 1. The van der Waals surface area contributed by atoms with Crippen molar-refractivity contribution in [3.05, 3.63) is 0 Å². The molecular formula is C6H13NOS2. The van der Waals surface area contributed by atoms with E-state index in [1.54, 1.807) is 7.05 Å². The van der Waals surface area contributed by atoms with Crippen molar-refractivity contribution in [1.29, 1.82) is 0 Å². The predicted octanol–water partition coefficient (Wildman–Crippen LogP) is 0.221. The third-order valence-electron chi connectivity index (χ3n) is 1.49. The fraction of sp³-hybridized carbons (Fsp3) is 0.833. The van der Waals surface area contributed by atoms with Crippen LogP contribution in [-0.4, -0.2) is 24.0 Å². The van der Waals surface area contributed by atoms with E-state index in [4.69, 9.17) is 11.2 Å². The molecule has 4 heteroatoms. The van der Waals surface area contributed by atoms with Crippen LogP contribution in [0.1, 0.15) is 13.8 Å². The Labute approximate surface area is 69.0 Å². The molecule has 0 aromatic rings. The molecule has 0 bridgehead atoms. The zero-order chi connectivity index (χ0) is 8.36. The minimum absolute atomic E-state index is 0.0216. The van der Waals surface area contributed by atoms with Crippen molar-refractivity contribution in [2.75, 3.05) is 13.3 Å². The molecule has 2 nitrogen and oxygen atoms in total. The second-order valence-corrected chi connectivity index (χ2v) is 5.97. The van der Waals surface area contributed by atoms with Crippen LogP contribution in [0.2, 0.25) is 0 Å². The molecule has 0 radical (unpaired) electrons. The molecule has 60 valence electrons. The van der Waals surface area contributed by atoms with Gasteiger partial charge in [-0.15, -0.1) is 9.45 Å². The van der Waals surface area contributed by atoms with Gasteiger partial charge in [-0.2, -0.15) is 0 Å². The highest BCUT2D eigenvalue weighted by molar-refractivity contribution is 8.29. The Hall–Kier alpha value is 0.0400. The summed E-state index contributed by atoms with van der Waals surface area (Å²) < 4.78 is -0.399. The second-order valence-electron chi connectivity index (χ2n) is 2.54. The SMILES string of the molecule is CNC(=O)C(C)(C)S(C)=S. The average molecular weight is 179 g/mol. The zero-order valence-corrected chi connectivity index (χ0v) is 8.36. The maximum Gasteiger partial charge on any atom is 0.235 e. The summed E-state index contributed by atoms with van der Waals surface area (Å²) in [5.41, 5.74) is 0. The molecule has 1 atom stereocenters. The molecule has 0 saturated heterocycles. The highest BCUT2D eigenvalue weighted by Crippen LogP contribution is 2.10. The molecule has 0 aliphatic rings. The van der Waals surface area contributed by atoms with Crippen LogP contribution in [-0.2, 0) is 25.4 Å². The molecule has 0 rings (SSSR count). The topological polar surface area (TPSA) is 29.1 Å². The molecule has 0 spiro atoms. The first-order valence-corrected chi connectivity index (χ1v) is 5.54. The van der Waals surface area contributed by atoms with Gasteiger partial charge in [0.15, 0.2) is 0 Å². The van der Waals surface area contributed by atoms with Gasteiger partial charge in [0.2, 0.25) is 5.91 Å². The van der Waals surface area contributed by atoms with Gasteiger partial charge in [0, 0.05) is 7.05 Å². The smallest absolute Gasteiger partial charge is 0.235 e. The van der Waals surface area contributed by atoms with Crippen LogP contribution < -0.4 is 5.32 Å². The molecule has 0 aliphatic heterocycles. The van der Waals surface area contributed by atoms with Crippen LogP contribution in [0.25, 0.3) is 0 Å². The molecule has 1 unspecified atom stereocenters. The lowest BCUT2D eigenvalue weighted by atomic mass is 10.2. The van der Waals surface area contributed by atoms with Gasteiger partial charge in [-0.1, -0.05) is 11.2 Å². The lowest BCUT2D eigenvalue weighted by Gasteiger charge is -2.21. The number of nitrogens with one attached hydrogen (secondary N) is 1. The van der Waals surface area contributed by atoms with Gasteiger partial charge in [-0.05, 0) is 20.1 Å². The maximum atomic E-state index is 11.1. The van der Waals surface area contributed by atoms with Gasteiger partial charge in [-0.3, -0.25) is 4.79 Å². The zero-order valence-electron chi connectivity index (χ0n) is 6.72. The molecule has 1 amide bonds. The number of carbonyl (C=O) groups excluding carboxylic acids is 1. The van der Waals surface area contributed by atoms with E-state index in [0.29, 0.717) is 0 Å². The van der Waals surface area contributed by atoms with E-state index in [1.807, 2.05) is 20.1 Å². The maximum absolute atomic E-state index is 11.1. The van der Waals surface area contributed by atoms with E-state index in [2.05, 4.69) is 5.32 Å². The molecule has 0 fully saturated rings. The molecule has 10 heavy (non-hydrogen) atoms. The standard InChI is InChI=1S/C6H13NOS2/c1-6(2,10(4)9)5(8)7-3/h1-4H3,(H,7,8). The van der Waals surface area contributed by atoms with E-state index in [0.717, 1.165) is 0 Å². The van der Waals surface area contributed by atoms with Gasteiger partial charge >= 0.3 is 0 Å². The number of hydrogen-bond acceptors (Lipinski definition) is 2.